The van der Waals surface area contributed by atoms with Gasteiger partial charge in [-0.05, 0) is 52.5 Å². The zero-order chi connectivity index (χ0) is 13.9. The highest BCUT2D eigenvalue weighted by Crippen LogP contribution is 2.28. The molecule has 1 heterocycles. The molecule has 104 valence electrons. The highest BCUT2D eigenvalue weighted by molar-refractivity contribution is 9.10. The van der Waals surface area contributed by atoms with Crippen LogP contribution >= 0.6 is 31.9 Å². The minimum Gasteiger partial charge on any atom is -0.456 e. The summed E-state index contributed by atoms with van der Waals surface area (Å²) in [6.07, 6.45) is 6.03. The van der Waals surface area contributed by atoms with Crippen LogP contribution in [0.25, 0.3) is 0 Å². The molecular formula is C15H14Br2N2O. The van der Waals surface area contributed by atoms with Crippen molar-refractivity contribution in [1.82, 2.24) is 10.3 Å². The average Bonchev–Trinajstić information content (AvgIpc) is 3.22. The van der Waals surface area contributed by atoms with Crippen molar-refractivity contribution < 1.29 is 4.74 Å². The summed E-state index contributed by atoms with van der Waals surface area (Å²) in [5.74, 6) is 1.52. The molecular weight excluding hydrogens is 384 g/mol. The van der Waals surface area contributed by atoms with E-state index in [2.05, 4.69) is 48.2 Å². The Bertz CT molecular complexity index is 615. The summed E-state index contributed by atoms with van der Waals surface area (Å²) in [5.41, 5.74) is 1.25. The summed E-state index contributed by atoms with van der Waals surface area (Å²) >= 11 is 6.98. The molecule has 0 spiro atoms. The van der Waals surface area contributed by atoms with E-state index in [0.717, 1.165) is 27.0 Å². The zero-order valence-electron chi connectivity index (χ0n) is 10.8. The Balaban J connectivity index is 1.69. The fraction of sp³-hybridized carbons (Fsp3) is 0.267. The first-order chi connectivity index (χ1) is 9.70. The molecule has 1 saturated carbocycles. The van der Waals surface area contributed by atoms with Gasteiger partial charge in [0.05, 0.1) is 6.20 Å². The van der Waals surface area contributed by atoms with Crippen LogP contribution in [0.5, 0.6) is 11.5 Å². The Labute approximate surface area is 135 Å². The molecule has 5 heteroatoms. The van der Waals surface area contributed by atoms with Crippen molar-refractivity contribution in [2.45, 2.75) is 25.4 Å². The fourth-order valence-electron chi connectivity index (χ4n) is 1.86. The van der Waals surface area contributed by atoms with Crippen LogP contribution in [0, 0.1) is 0 Å². The number of aromatic nitrogens is 1. The van der Waals surface area contributed by atoms with Gasteiger partial charge < -0.3 is 10.1 Å². The molecule has 2 aromatic rings. The molecule has 0 atom stereocenters. The molecule has 0 aliphatic heterocycles. The van der Waals surface area contributed by atoms with Crippen molar-refractivity contribution in [1.29, 1.82) is 0 Å². The fourth-order valence-corrected chi connectivity index (χ4v) is 2.70. The average molecular weight is 398 g/mol. The van der Waals surface area contributed by atoms with Crippen LogP contribution in [-0.4, -0.2) is 11.0 Å². The third-order valence-electron chi connectivity index (χ3n) is 3.10. The van der Waals surface area contributed by atoms with E-state index in [0.29, 0.717) is 6.04 Å². The Morgan fingerprint density at radius 3 is 2.70 bits per heavy atom. The SMILES string of the molecule is Brc1cncc(Oc2ccc(CNC3CC3)c(Br)c2)c1. The Morgan fingerprint density at radius 2 is 2.00 bits per heavy atom. The predicted molar refractivity (Wildman–Crippen MR) is 86.0 cm³/mol. The standard InChI is InChI=1S/C15H14Br2N2O/c16-11-5-14(9-18-8-11)20-13-4-1-10(15(17)6-13)7-19-12-2-3-12/h1,4-6,8-9,12,19H,2-3,7H2. The van der Waals surface area contributed by atoms with Gasteiger partial charge in [-0.25, -0.2) is 0 Å². The predicted octanol–water partition coefficient (Wildman–Crippen LogP) is 4.65. The number of hydrogen-bond donors (Lipinski definition) is 1. The first-order valence-corrected chi connectivity index (χ1v) is 8.09. The second-order valence-electron chi connectivity index (χ2n) is 4.85. The van der Waals surface area contributed by atoms with E-state index in [1.165, 1.54) is 18.4 Å². The number of nitrogens with zero attached hydrogens (tertiary/aromatic N) is 1. The zero-order valence-corrected chi connectivity index (χ0v) is 13.9. The lowest BCUT2D eigenvalue weighted by atomic mass is 10.2. The van der Waals surface area contributed by atoms with E-state index in [1.54, 1.807) is 12.4 Å². The number of rotatable bonds is 5. The largest absolute Gasteiger partial charge is 0.456 e. The van der Waals surface area contributed by atoms with Gasteiger partial charge >= 0.3 is 0 Å². The Kier molecular flexibility index (Phi) is 4.38. The molecule has 1 fully saturated rings. The van der Waals surface area contributed by atoms with E-state index in [9.17, 15) is 0 Å². The normalized spacial score (nSPS) is 14.3. The van der Waals surface area contributed by atoms with Crippen molar-refractivity contribution in [2.75, 3.05) is 0 Å². The lowest BCUT2D eigenvalue weighted by molar-refractivity contribution is 0.479. The van der Waals surface area contributed by atoms with Gasteiger partial charge in [0.2, 0.25) is 0 Å². The highest BCUT2D eigenvalue weighted by Gasteiger charge is 2.20. The molecule has 0 unspecified atom stereocenters. The maximum atomic E-state index is 5.79. The summed E-state index contributed by atoms with van der Waals surface area (Å²) in [6.45, 7) is 0.893. The van der Waals surface area contributed by atoms with Gasteiger partial charge in [0, 0.05) is 27.7 Å². The molecule has 0 radical (unpaired) electrons. The second-order valence-corrected chi connectivity index (χ2v) is 6.62. The van der Waals surface area contributed by atoms with Crippen molar-refractivity contribution in [3.8, 4) is 11.5 Å². The van der Waals surface area contributed by atoms with Crippen LogP contribution in [-0.2, 0) is 6.54 Å². The van der Waals surface area contributed by atoms with Crippen LogP contribution in [0.15, 0.2) is 45.6 Å². The number of pyridine rings is 1. The summed E-state index contributed by atoms with van der Waals surface area (Å²) in [5, 5.41) is 3.50. The maximum absolute atomic E-state index is 5.79. The van der Waals surface area contributed by atoms with Gasteiger partial charge in [-0.2, -0.15) is 0 Å². The van der Waals surface area contributed by atoms with Crippen molar-refractivity contribution in [3.63, 3.8) is 0 Å². The molecule has 0 amide bonds. The van der Waals surface area contributed by atoms with Gasteiger partial charge in [-0.15, -0.1) is 0 Å². The van der Waals surface area contributed by atoms with Crippen LogP contribution < -0.4 is 10.1 Å². The monoisotopic (exact) mass is 396 g/mol. The molecule has 3 rings (SSSR count). The van der Waals surface area contributed by atoms with Gasteiger partial charge in [-0.1, -0.05) is 22.0 Å². The first-order valence-electron chi connectivity index (χ1n) is 6.51. The molecule has 1 aromatic heterocycles. The molecule has 1 aliphatic rings. The van der Waals surface area contributed by atoms with Crippen LogP contribution in [0.4, 0.5) is 0 Å². The van der Waals surface area contributed by atoms with E-state index >= 15 is 0 Å². The van der Waals surface area contributed by atoms with Crippen LogP contribution in [0.3, 0.4) is 0 Å². The van der Waals surface area contributed by atoms with Crippen molar-refractivity contribution >= 4 is 31.9 Å². The first kappa shape index (κ1) is 14.0. The van der Waals surface area contributed by atoms with Gasteiger partial charge in [0.25, 0.3) is 0 Å². The number of ether oxygens (including phenoxy) is 1. The van der Waals surface area contributed by atoms with E-state index in [1.807, 2.05) is 18.2 Å². The molecule has 1 aromatic carbocycles. The molecule has 0 bridgehead atoms. The van der Waals surface area contributed by atoms with Gasteiger partial charge in [-0.3, -0.25) is 4.98 Å². The maximum Gasteiger partial charge on any atom is 0.146 e. The second kappa shape index (κ2) is 6.24. The van der Waals surface area contributed by atoms with E-state index < -0.39 is 0 Å². The third kappa shape index (κ3) is 3.81. The summed E-state index contributed by atoms with van der Waals surface area (Å²) < 4.78 is 7.75. The number of nitrogens with one attached hydrogen (secondary N) is 1. The summed E-state index contributed by atoms with van der Waals surface area (Å²) in [4.78, 5) is 4.08. The smallest absolute Gasteiger partial charge is 0.146 e. The number of halogens is 2. The van der Waals surface area contributed by atoms with Gasteiger partial charge in [0.15, 0.2) is 0 Å². The third-order valence-corrected chi connectivity index (χ3v) is 4.27. The van der Waals surface area contributed by atoms with E-state index in [-0.39, 0.29) is 0 Å². The summed E-state index contributed by atoms with van der Waals surface area (Å²) in [7, 11) is 0. The number of benzene rings is 1. The topological polar surface area (TPSA) is 34.1 Å². The minimum absolute atomic E-state index is 0.713. The van der Waals surface area contributed by atoms with Crippen molar-refractivity contribution in [3.05, 3.63) is 51.2 Å². The minimum atomic E-state index is 0.713. The molecule has 0 saturated heterocycles. The quantitative estimate of drug-likeness (QED) is 0.797. The van der Waals surface area contributed by atoms with Crippen LogP contribution in [0.2, 0.25) is 0 Å². The van der Waals surface area contributed by atoms with Gasteiger partial charge in [0.1, 0.15) is 11.5 Å². The Hall–Kier alpha value is -0.910. The summed E-state index contributed by atoms with van der Waals surface area (Å²) in [6, 6.07) is 8.66. The number of hydrogen-bond acceptors (Lipinski definition) is 3. The lowest BCUT2D eigenvalue weighted by Crippen LogP contribution is -2.15. The molecule has 20 heavy (non-hydrogen) atoms. The van der Waals surface area contributed by atoms with Crippen molar-refractivity contribution in [2.24, 2.45) is 0 Å². The molecule has 3 nitrogen and oxygen atoms in total. The lowest BCUT2D eigenvalue weighted by Gasteiger charge is -2.09. The van der Waals surface area contributed by atoms with E-state index in [4.69, 9.17) is 4.74 Å². The molecule has 1 N–H and O–H groups in total. The highest BCUT2D eigenvalue weighted by atomic mass is 79.9. The van der Waals surface area contributed by atoms with Crippen LogP contribution in [0.1, 0.15) is 18.4 Å². The molecule has 1 aliphatic carbocycles. The Morgan fingerprint density at radius 1 is 1.15 bits per heavy atom.